The van der Waals surface area contributed by atoms with Gasteiger partial charge in [0.1, 0.15) is 12.0 Å². The first-order chi connectivity index (χ1) is 12.1. The zero-order valence-corrected chi connectivity index (χ0v) is 16.6. The van der Waals surface area contributed by atoms with Crippen molar-refractivity contribution in [1.29, 1.82) is 0 Å². The van der Waals surface area contributed by atoms with E-state index in [1.54, 1.807) is 26.8 Å². The summed E-state index contributed by atoms with van der Waals surface area (Å²) < 4.78 is 6.02. The minimum Gasteiger partial charge on any atom is -0.460 e. The summed E-state index contributed by atoms with van der Waals surface area (Å²) in [6.07, 6.45) is -0.299. The third kappa shape index (κ3) is 6.55. The smallest absolute Gasteiger partial charge is 0.315 e. The number of pyridine rings is 1. The normalized spacial score (nSPS) is 11.2. The van der Waals surface area contributed by atoms with Gasteiger partial charge in [-0.25, -0.2) is 0 Å². The van der Waals surface area contributed by atoms with E-state index in [0.29, 0.717) is 5.69 Å². The van der Waals surface area contributed by atoms with Crippen molar-refractivity contribution in [2.75, 3.05) is 6.54 Å². The van der Waals surface area contributed by atoms with Gasteiger partial charge in [-0.1, -0.05) is 22.0 Å². The van der Waals surface area contributed by atoms with Crippen molar-refractivity contribution in [2.45, 2.75) is 39.2 Å². The predicted octanol–water partition coefficient (Wildman–Crippen LogP) is 2.96. The molecule has 1 aromatic carbocycles. The van der Waals surface area contributed by atoms with Gasteiger partial charge in [-0.2, -0.15) is 0 Å². The van der Waals surface area contributed by atoms with Crippen LogP contribution in [0.3, 0.4) is 0 Å². The lowest BCUT2D eigenvalue weighted by molar-refractivity contribution is -0.156. The molecule has 1 amide bonds. The molecule has 26 heavy (non-hydrogen) atoms. The van der Waals surface area contributed by atoms with E-state index in [0.717, 1.165) is 15.4 Å². The SMILES string of the molecule is CC(C)(C)OC(=O)CC(=O)NCC(=O)Cc1ccc2cc(Br)ccc2n1. The van der Waals surface area contributed by atoms with Crippen LogP contribution in [0.2, 0.25) is 0 Å². The number of Topliss-reactive ketones (excluding diaryl/α,β-unsaturated/α-hetero) is 1. The van der Waals surface area contributed by atoms with E-state index in [1.165, 1.54) is 0 Å². The van der Waals surface area contributed by atoms with Gasteiger partial charge in [-0.05, 0) is 45.0 Å². The zero-order valence-electron chi connectivity index (χ0n) is 15.0. The number of benzene rings is 1. The summed E-state index contributed by atoms with van der Waals surface area (Å²) in [6, 6.07) is 9.39. The maximum Gasteiger partial charge on any atom is 0.315 e. The van der Waals surface area contributed by atoms with Crippen molar-refractivity contribution in [3.05, 3.63) is 40.5 Å². The van der Waals surface area contributed by atoms with Crippen LogP contribution in [-0.2, 0) is 25.5 Å². The van der Waals surface area contributed by atoms with Gasteiger partial charge < -0.3 is 10.1 Å². The number of ether oxygens (including phenoxy) is 1. The van der Waals surface area contributed by atoms with Crippen molar-refractivity contribution >= 4 is 44.5 Å². The van der Waals surface area contributed by atoms with Gasteiger partial charge >= 0.3 is 5.97 Å². The molecular weight excluding hydrogens is 400 g/mol. The first kappa shape index (κ1) is 20.0. The van der Waals surface area contributed by atoms with Crippen molar-refractivity contribution in [2.24, 2.45) is 0 Å². The van der Waals surface area contributed by atoms with E-state index in [4.69, 9.17) is 4.74 Å². The van der Waals surface area contributed by atoms with E-state index in [2.05, 4.69) is 26.2 Å². The van der Waals surface area contributed by atoms with E-state index in [1.807, 2.05) is 24.3 Å². The standard InChI is InChI=1S/C19H21BrN2O4/c1-19(2,3)26-18(25)10-17(24)21-11-15(23)9-14-6-4-12-8-13(20)5-7-16(12)22-14/h4-8H,9-11H2,1-3H3,(H,21,24). The summed E-state index contributed by atoms with van der Waals surface area (Å²) in [6.45, 7) is 5.02. The largest absolute Gasteiger partial charge is 0.460 e. The average Bonchev–Trinajstić information content (AvgIpc) is 2.51. The Hall–Kier alpha value is -2.28. The molecule has 1 heterocycles. The third-order valence-corrected chi connectivity index (χ3v) is 3.79. The summed E-state index contributed by atoms with van der Waals surface area (Å²) in [5, 5.41) is 3.41. The number of amides is 1. The Labute approximate surface area is 160 Å². The van der Waals surface area contributed by atoms with Crippen LogP contribution in [0.1, 0.15) is 32.9 Å². The molecule has 2 aromatic rings. The molecule has 138 valence electrons. The highest BCUT2D eigenvalue weighted by Gasteiger charge is 2.19. The molecule has 6 nitrogen and oxygen atoms in total. The van der Waals surface area contributed by atoms with Crippen LogP contribution in [0.25, 0.3) is 10.9 Å². The zero-order chi connectivity index (χ0) is 19.3. The molecular formula is C19H21BrN2O4. The number of ketones is 1. The Morgan fingerprint density at radius 3 is 2.58 bits per heavy atom. The molecule has 1 aromatic heterocycles. The highest BCUT2D eigenvalue weighted by molar-refractivity contribution is 9.10. The molecule has 7 heteroatoms. The van der Waals surface area contributed by atoms with Crippen LogP contribution in [0.4, 0.5) is 0 Å². The number of carbonyl (C=O) groups is 3. The Morgan fingerprint density at radius 1 is 1.15 bits per heavy atom. The summed E-state index contributed by atoms with van der Waals surface area (Å²) in [7, 11) is 0. The van der Waals surface area contributed by atoms with E-state index in [-0.39, 0.29) is 18.7 Å². The lowest BCUT2D eigenvalue weighted by Gasteiger charge is -2.19. The highest BCUT2D eigenvalue weighted by Crippen LogP contribution is 2.18. The minimum absolute atomic E-state index is 0.110. The first-order valence-corrected chi connectivity index (χ1v) is 8.97. The van der Waals surface area contributed by atoms with Gasteiger partial charge in [0, 0.05) is 15.6 Å². The monoisotopic (exact) mass is 420 g/mol. The van der Waals surface area contributed by atoms with Gasteiger partial charge in [0.15, 0.2) is 5.78 Å². The molecule has 0 saturated heterocycles. The van der Waals surface area contributed by atoms with Crippen LogP contribution in [0, 0.1) is 0 Å². The topological polar surface area (TPSA) is 85.4 Å². The number of carbonyl (C=O) groups excluding carboxylic acids is 3. The van der Waals surface area contributed by atoms with E-state index < -0.39 is 23.9 Å². The molecule has 1 N–H and O–H groups in total. The maximum absolute atomic E-state index is 12.0. The highest BCUT2D eigenvalue weighted by atomic mass is 79.9. The number of hydrogen-bond acceptors (Lipinski definition) is 5. The molecule has 2 rings (SSSR count). The summed E-state index contributed by atoms with van der Waals surface area (Å²) in [5.41, 5.74) is 0.781. The number of nitrogens with one attached hydrogen (secondary N) is 1. The molecule has 0 atom stereocenters. The van der Waals surface area contributed by atoms with Crippen LogP contribution in [0.5, 0.6) is 0 Å². The quantitative estimate of drug-likeness (QED) is 0.573. The number of nitrogens with zero attached hydrogens (tertiary/aromatic N) is 1. The fourth-order valence-electron chi connectivity index (χ4n) is 2.27. The molecule has 0 aliphatic heterocycles. The molecule has 0 aliphatic carbocycles. The number of halogens is 1. The Bertz CT molecular complexity index is 843. The lowest BCUT2D eigenvalue weighted by Crippen LogP contribution is -2.33. The molecule has 0 aliphatic rings. The first-order valence-electron chi connectivity index (χ1n) is 8.18. The van der Waals surface area contributed by atoms with Gasteiger partial charge in [-0.15, -0.1) is 0 Å². The molecule has 0 saturated carbocycles. The van der Waals surface area contributed by atoms with Gasteiger partial charge in [0.2, 0.25) is 5.91 Å². The summed E-state index contributed by atoms with van der Waals surface area (Å²) in [5.74, 6) is -1.35. The van der Waals surface area contributed by atoms with Crippen LogP contribution >= 0.6 is 15.9 Å². The second-order valence-corrected chi connectivity index (χ2v) is 7.81. The van der Waals surface area contributed by atoms with E-state index in [9.17, 15) is 14.4 Å². The summed E-state index contributed by atoms with van der Waals surface area (Å²) >= 11 is 3.40. The molecule has 0 radical (unpaired) electrons. The fourth-order valence-corrected chi connectivity index (χ4v) is 2.65. The van der Waals surface area contributed by atoms with E-state index >= 15 is 0 Å². The number of aromatic nitrogens is 1. The van der Waals surface area contributed by atoms with Crippen molar-refractivity contribution in [3.63, 3.8) is 0 Å². The van der Waals surface area contributed by atoms with Crippen LogP contribution < -0.4 is 5.32 Å². The molecule has 0 unspecified atom stereocenters. The Balaban J connectivity index is 1.84. The van der Waals surface area contributed by atoms with Crippen molar-refractivity contribution in [1.82, 2.24) is 10.3 Å². The second-order valence-electron chi connectivity index (χ2n) is 6.90. The van der Waals surface area contributed by atoms with Crippen molar-refractivity contribution in [3.8, 4) is 0 Å². The number of hydrogen-bond donors (Lipinski definition) is 1. The molecule has 0 fully saturated rings. The molecule has 0 spiro atoms. The van der Waals surface area contributed by atoms with Gasteiger partial charge in [0.25, 0.3) is 0 Å². The minimum atomic E-state index is -0.648. The lowest BCUT2D eigenvalue weighted by atomic mass is 10.1. The number of esters is 1. The average molecular weight is 421 g/mol. The maximum atomic E-state index is 12.0. The fraction of sp³-hybridized carbons (Fsp3) is 0.368. The second kappa shape index (κ2) is 8.40. The predicted molar refractivity (Wildman–Crippen MR) is 102 cm³/mol. The van der Waals surface area contributed by atoms with Crippen molar-refractivity contribution < 1.29 is 19.1 Å². The number of fused-ring (bicyclic) bond motifs is 1. The summed E-state index contributed by atoms with van der Waals surface area (Å²) in [4.78, 5) is 39.8. The number of rotatable bonds is 6. The molecule has 0 bridgehead atoms. The Kier molecular flexibility index (Phi) is 6.47. The van der Waals surface area contributed by atoms with Gasteiger partial charge in [0.05, 0.1) is 18.5 Å². The van der Waals surface area contributed by atoms with Crippen LogP contribution in [-0.4, -0.2) is 34.8 Å². The van der Waals surface area contributed by atoms with Gasteiger partial charge in [-0.3, -0.25) is 19.4 Å². The Morgan fingerprint density at radius 2 is 1.88 bits per heavy atom. The third-order valence-electron chi connectivity index (χ3n) is 3.29. The van der Waals surface area contributed by atoms with Crippen LogP contribution in [0.15, 0.2) is 34.8 Å².